The smallest absolute Gasteiger partial charge is 0.0636 e. The zero-order valence-corrected chi connectivity index (χ0v) is 8.94. The lowest BCUT2D eigenvalue weighted by Gasteiger charge is -1.99. The highest BCUT2D eigenvalue weighted by atomic mass is 35.5. The molecule has 1 rings (SSSR count). The molecule has 70 valence electrons. The van der Waals surface area contributed by atoms with Crippen LogP contribution in [-0.2, 0) is 10.8 Å². The van der Waals surface area contributed by atoms with Gasteiger partial charge in [0.15, 0.2) is 0 Å². The molecule has 0 radical (unpaired) electrons. The fourth-order valence-electron chi connectivity index (χ4n) is 0.864. The summed E-state index contributed by atoms with van der Waals surface area (Å²) in [6, 6.07) is 9.33. The van der Waals surface area contributed by atoms with Crippen molar-refractivity contribution in [2.45, 2.75) is 11.8 Å². The Bertz CT molecular complexity index is 319. The van der Waals surface area contributed by atoms with E-state index < -0.39 is 10.8 Å². The van der Waals surface area contributed by atoms with Crippen molar-refractivity contribution in [2.24, 2.45) is 0 Å². The molecule has 0 heterocycles. The van der Waals surface area contributed by atoms with E-state index in [1.54, 1.807) is 6.08 Å². The molecule has 1 nitrogen and oxygen atoms in total. The third-order valence-electron chi connectivity index (χ3n) is 1.59. The highest BCUT2D eigenvalue weighted by Crippen LogP contribution is 2.11. The van der Waals surface area contributed by atoms with Crippen LogP contribution in [0, 0.1) is 0 Å². The maximum Gasteiger partial charge on any atom is 0.0636 e. The van der Waals surface area contributed by atoms with Crippen molar-refractivity contribution in [3.63, 3.8) is 0 Å². The minimum absolute atomic E-state index is 0.405. The first-order valence-electron chi connectivity index (χ1n) is 3.98. The SMILES string of the molecule is C/C=C(\Cl)CS(=O)c1ccccc1. The number of allylic oxidation sites excluding steroid dienone is 1. The van der Waals surface area contributed by atoms with Gasteiger partial charge < -0.3 is 0 Å². The first kappa shape index (κ1) is 10.5. The second-order valence-corrected chi connectivity index (χ2v) is 4.48. The minimum atomic E-state index is -1.01. The highest BCUT2D eigenvalue weighted by Gasteiger charge is 2.03. The van der Waals surface area contributed by atoms with Crippen LogP contribution in [0.25, 0.3) is 0 Å². The fraction of sp³-hybridized carbons (Fsp3) is 0.200. The van der Waals surface area contributed by atoms with Gasteiger partial charge in [0, 0.05) is 9.93 Å². The number of benzene rings is 1. The first-order chi connectivity index (χ1) is 6.24. The summed E-state index contributed by atoms with van der Waals surface area (Å²) in [6.07, 6.45) is 1.77. The molecule has 1 aromatic rings. The van der Waals surface area contributed by atoms with Crippen molar-refractivity contribution in [1.29, 1.82) is 0 Å². The summed E-state index contributed by atoms with van der Waals surface area (Å²) < 4.78 is 11.6. The lowest BCUT2D eigenvalue weighted by molar-refractivity contribution is 0.685. The molecule has 0 aromatic heterocycles. The topological polar surface area (TPSA) is 17.1 Å². The quantitative estimate of drug-likeness (QED) is 0.756. The Hall–Kier alpha value is -0.600. The third-order valence-corrected chi connectivity index (χ3v) is 3.47. The van der Waals surface area contributed by atoms with Crippen LogP contribution in [0.3, 0.4) is 0 Å². The van der Waals surface area contributed by atoms with Gasteiger partial charge in [0.25, 0.3) is 0 Å². The molecule has 1 aromatic carbocycles. The largest absolute Gasteiger partial charge is 0.254 e. The Labute approximate surface area is 85.9 Å². The van der Waals surface area contributed by atoms with Crippen molar-refractivity contribution in [1.82, 2.24) is 0 Å². The Morgan fingerprint density at radius 2 is 2.08 bits per heavy atom. The second-order valence-electron chi connectivity index (χ2n) is 2.54. The summed E-state index contributed by atoms with van der Waals surface area (Å²) in [7, 11) is -1.01. The van der Waals surface area contributed by atoms with E-state index >= 15 is 0 Å². The first-order valence-corrected chi connectivity index (χ1v) is 5.68. The van der Waals surface area contributed by atoms with Gasteiger partial charge in [-0.1, -0.05) is 35.9 Å². The van der Waals surface area contributed by atoms with E-state index in [0.717, 1.165) is 4.90 Å². The average molecular weight is 215 g/mol. The number of hydrogen-bond acceptors (Lipinski definition) is 1. The Kier molecular flexibility index (Phi) is 4.19. The van der Waals surface area contributed by atoms with Gasteiger partial charge in [-0.15, -0.1) is 0 Å². The monoisotopic (exact) mass is 214 g/mol. The van der Waals surface area contributed by atoms with Crippen LogP contribution in [0.4, 0.5) is 0 Å². The van der Waals surface area contributed by atoms with E-state index in [0.29, 0.717) is 10.8 Å². The fourth-order valence-corrected chi connectivity index (χ4v) is 2.21. The minimum Gasteiger partial charge on any atom is -0.254 e. The van der Waals surface area contributed by atoms with Crippen LogP contribution in [0.1, 0.15) is 6.92 Å². The maximum absolute atomic E-state index is 11.6. The molecule has 0 aliphatic carbocycles. The standard InChI is InChI=1S/C10H11ClOS/c1-2-9(11)8-13(12)10-6-4-3-5-7-10/h2-7H,8H2,1H3/b9-2-. The summed E-state index contributed by atoms with van der Waals surface area (Å²) in [4.78, 5) is 0.822. The second kappa shape index (κ2) is 5.20. The van der Waals surface area contributed by atoms with E-state index in [2.05, 4.69) is 0 Å². The van der Waals surface area contributed by atoms with Gasteiger partial charge in [-0.3, -0.25) is 4.21 Å². The van der Waals surface area contributed by atoms with Crippen LogP contribution in [-0.4, -0.2) is 9.96 Å². The predicted octanol–water partition coefficient (Wildman–Crippen LogP) is 2.94. The Morgan fingerprint density at radius 3 is 2.62 bits per heavy atom. The summed E-state index contributed by atoms with van der Waals surface area (Å²) in [6.45, 7) is 1.84. The molecule has 1 unspecified atom stereocenters. The van der Waals surface area contributed by atoms with Crippen LogP contribution >= 0.6 is 11.6 Å². The van der Waals surface area contributed by atoms with Gasteiger partial charge in [-0.2, -0.15) is 0 Å². The molecule has 0 bridgehead atoms. The molecule has 1 atom stereocenters. The van der Waals surface area contributed by atoms with Crippen LogP contribution < -0.4 is 0 Å². The van der Waals surface area contributed by atoms with Gasteiger partial charge in [-0.05, 0) is 19.1 Å². The molecule has 0 saturated heterocycles. The summed E-state index contributed by atoms with van der Waals surface area (Å²) >= 11 is 5.78. The van der Waals surface area contributed by atoms with Crippen molar-refractivity contribution < 1.29 is 4.21 Å². The van der Waals surface area contributed by atoms with Crippen molar-refractivity contribution in [2.75, 3.05) is 5.75 Å². The van der Waals surface area contributed by atoms with Gasteiger partial charge >= 0.3 is 0 Å². The zero-order chi connectivity index (χ0) is 9.68. The normalized spacial score (nSPS) is 14.2. The third kappa shape index (κ3) is 3.33. The van der Waals surface area contributed by atoms with Crippen molar-refractivity contribution >= 4 is 22.4 Å². The molecule has 13 heavy (non-hydrogen) atoms. The molecule has 0 N–H and O–H groups in total. The summed E-state index contributed by atoms with van der Waals surface area (Å²) in [5.74, 6) is 0.405. The molecule has 0 amide bonds. The van der Waals surface area contributed by atoms with E-state index in [1.165, 1.54) is 0 Å². The molecule has 0 aliphatic rings. The summed E-state index contributed by atoms with van der Waals surface area (Å²) in [5, 5.41) is 0.641. The molecular weight excluding hydrogens is 204 g/mol. The summed E-state index contributed by atoms with van der Waals surface area (Å²) in [5.41, 5.74) is 0. The van der Waals surface area contributed by atoms with Gasteiger partial charge in [-0.25, -0.2) is 0 Å². The molecule has 0 saturated carbocycles. The molecule has 0 fully saturated rings. The van der Waals surface area contributed by atoms with E-state index in [-0.39, 0.29) is 0 Å². The van der Waals surface area contributed by atoms with Gasteiger partial charge in [0.05, 0.1) is 16.6 Å². The molecule has 3 heteroatoms. The van der Waals surface area contributed by atoms with Crippen LogP contribution in [0.5, 0.6) is 0 Å². The number of rotatable bonds is 3. The molecule has 0 aliphatic heterocycles. The van der Waals surface area contributed by atoms with Crippen molar-refractivity contribution in [3.05, 3.63) is 41.4 Å². The zero-order valence-electron chi connectivity index (χ0n) is 7.37. The number of hydrogen-bond donors (Lipinski definition) is 0. The van der Waals surface area contributed by atoms with E-state index in [1.807, 2.05) is 37.3 Å². The van der Waals surface area contributed by atoms with E-state index in [9.17, 15) is 4.21 Å². The van der Waals surface area contributed by atoms with Crippen molar-refractivity contribution in [3.8, 4) is 0 Å². The molecule has 0 spiro atoms. The molecular formula is C10H11ClOS. The van der Waals surface area contributed by atoms with Crippen LogP contribution in [0.15, 0.2) is 46.3 Å². The average Bonchev–Trinajstić information content (AvgIpc) is 2.19. The van der Waals surface area contributed by atoms with Crippen LogP contribution in [0.2, 0.25) is 0 Å². The lowest BCUT2D eigenvalue weighted by atomic mass is 10.4. The lowest BCUT2D eigenvalue weighted by Crippen LogP contribution is -1.97. The van der Waals surface area contributed by atoms with Gasteiger partial charge in [0.1, 0.15) is 0 Å². The van der Waals surface area contributed by atoms with Gasteiger partial charge in [0.2, 0.25) is 0 Å². The maximum atomic E-state index is 11.6. The number of halogens is 1. The Morgan fingerprint density at radius 1 is 1.46 bits per heavy atom. The highest BCUT2D eigenvalue weighted by molar-refractivity contribution is 7.85. The predicted molar refractivity (Wildman–Crippen MR) is 57.3 cm³/mol. The Balaban J connectivity index is 2.70. The van der Waals surface area contributed by atoms with E-state index in [4.69, 9.17) is 11.6 Å².